The monoisotopic (exact) mass is 326 g/mol. The Bertz CT molecular complexity index is 442. The molecule has 0 heterocycles. The van der Waals surface area contributed by atoms with Crippen LogP contribution in [0.25, 0.3) is 0 Å². The van der Waals surface area contributed by atoms with E-state index in [0.717, 1.165) is 30.2 Å². The molecule has 1 aromatic rings. The van der Waals surface area contributed by atoms with Gasteiger partial charge in [0.2, 0.25) is 0 Å². The molecule has 1 saturated carbocycles. The van der Waals surface area contributed by atoms with E-state index in [0.29, 0.717) is 12.6 Å². The molecule has 0 amide bonds. The molecule has 1 aromatic carbocycles. The van der Waals surface area contributed by atoms with Crippen LogP contribution in [0.5, 0.6) is 0 Å². The van der Waals surface area contributed by atoms with Crippen LogP contribution in [0.2, 0.25) is 0 Å². The normalized spacial score (nSPS) is 27.3. The van der Waals surface area contributed by atoms with E-state index in [4.69, 9.17) is 5.73 Å². The molecule has 0 aromatic heterocycles. The van der Waals surface area contributed by atoms with E-state index >= 15 is 0 Å². The summed E-state index contributed by atoms with van der Waals surface area (Å²) in [6, 6.07) is 6.86. The quantitative estimate of drug-likeness (QED) is 0.897. The van der Waals surface area contributed by atoms with Crippen molar-refractivity contribution in [3.63, 3.8) is 0 Å². The summed E-state index contributed by atoms with van der Waals surface area (Å²) in [6.07, 6.45) is 3.59. The van der Waals surface area contributed by atoms with E-state index in [9.17, 15) is 5.11 Å². The zero-order valence-electron chi connectivity index (χ0n) is 11.7. The predicted octanol–water partition coefficient (Wildman–Crippen LogP) is 2.83. The van der Waals surface area contributed by atoms with Gasteiger partial charge < -0.3 is 15.7 Å². The molecule has 4 heteroatoms. The second-order valence-electron chi connectivity index (χ2n) is 5.70. The van der Waals surface area contributed by atoms with E-state index in [1.807, 2.05) is 0 Å². The lowest BCUT2D eigenvalue weighted by atomic mass is 9.81. The van der Waals surface area contributed by atoms with Crippen molar-refractivity contribution in [2.75, 3.05) is 18.5 Å². The van der Waals surface area contributed by atoms with Crippen molar-refractivity contribution < 1.29 is 5.11 Å². The average Bonchev–Trinajstić information content (AvgIpc) is 2.42. The van der Waals surface area contributed by atoms with Crippen LogP contribution >= 0.6 is 15.9 Å². The van der Waals surface area contributed by atoms with Crippen molar-refractivity contribution in [1.82, 2.24) is 0 Å². The zero-order valence-corrected chi connectivity index (χ0v) is 13.3. The highest BCUT2D eigenvalue weighted by molar-refractivity contribution is 9.10. The maximum absolute atomic E-state index is 10.2. The van der Waals surface area contributed by atoms with Crippen LogP contribution in [0.15, 0.2) is 22.7 Å². The fourth-order valence-corrected chi connectivity index (χ4v) is 3.24. The third kappa shape index (κ3) is 3.30. The Hall–Kier alpha value is -0.580. The van der Waals surface area contributed by atoms with E-state index in [2.05, 4.69) is 53.0 Å². The van der Waals surface area contributed by atoms with E-state index in [1.165, 1.54) is 11.3 Å². The van der Waals surface area contributed by atoms with Crippen LogP contribution in [0.4, 0.5) is 5.69 Å². The van der Waals surface area contributed by atoms with Gasteiger partial charge in [-0.05, 0) is 50.3 Å². The van der Waals surface area contributed by atoms with Gasteiger partial charge in [-0.25, -0.2) is 0 Å². The number of aryl methyl sites for hydroxylation is 1. The molecule has 0 bridgehead atoms. The lowest BCUT2D eigenvalue weighted by molar-refractivity contribution is 0.00799. The summed E-state index contributed by atoms with van der Waals surface area (Å²) in [5.41, 5.74) is 7.55. The van der Waals surface area contributed by atoms with Gasteiger partial charge in [0.05, 0.1) is 5.60 Å². The van der Waals surface area contributed by atoms with Gasteiger partial charge >= 0.3 is 0 Å². The topological polar surface area (TPSA) is 49.5 Å². The van der Waals surface area contributed by atoms with Crippen LogP contribution in [-0.4, -0.2) is 30.3 Å². The minimum absolute atomic E-state index is 0.374. The Morgan fingerprint density at radius 1 is 1.42 bits per heavy atom. The van der Waals surface area contributed by atoms with Gasteiger partial charge in [-0.2, -0.15) is 0 Å². The smallest absolute Gasteiger partial charge is 0.0770 e. The molecule has 3 N–H and O–H groups in total. The SMILES string of the molecule is Cc1ccc(Br)cc1N(C)C1CCC(O)(CN)CC1. The Morgan fingerprint density at radius 2 is 2.05 bits per heavy atom. The summed E-state index contributed by atoms with van der Waals surface area (Å²) in [6.45, 7) is 2.51. The van der Waals surface area contributed by atoms with Crippen LogP contribution in [0, 0.1) is 6.92 Å². The second kappa shape index (κ2) is 5.81. The number of hydrogen-bond donors (Lipinski definition) is 2. The standard InChI is InChI=1S/C15H23BrN2O/c1-11-3-4-12(16)9-14(11)18(2)13-5-7-15(19,10-17)8-6-13/h3-4,9,13,19H,5-8,10,17H2,1-2H3. The minimum atomic E-state index is -0.635. The lowest BCUT2D eigenvalue weighted by Crippen LogP contribution is -2.46. The number of nitrogens with zero attached hydrogens (tertiary/aromatic N) is 1. The van der Waals surface area contributed by atoms with Crippen LogP contribution < -0.4 is 10.6 Å². The molecule has 1 aliphatic rings. The number of aliphatic hydroxyl groups is 1. The number of nitrogens with two attached hydrogens (primary N) is 1. The molecule has 0 radical (unpaired) electrons. The molecule has 3 nitrogen and oxygen atoms in total. The summed E-state index contributed by atoms with van der Waals surface area (Å²) < 4.78 is 1.11. The molecule has 0 spiro atoms. The van der Waals surface area contributed by atoms with Gasteiger partial charge in [0.1, 0.15) is 0 Å². The molecule has 0 atom stereocenters. The van der Waals surface area contributed by atoms with E-state index in [-0.39, 0.29) is 0 Å². The first-order chi connectivity index (χ1) is 8.95. The van der Waals surface area contributed by atoms with Gasteiger partial charge in [0, 0.05) is 29.8 Å². The fraction of sp³-hybridized carbons (Fsp3) is 0.600. The highest BCUT2D eigenvalue weighted by atomic mass is 79.9. The van der Waals surface area contributed by atoms with Crippen LogP contribution in [0.3, 0.4) is 0 Å². The zero-order chi connectivity index (χ0) is 14.0. The van der Waals surface area contributed by atoms with Crippen molar-refractivity contribution in [2.45, 2.75) is 44.2 Å². The summed E-state index contributed by atoms with van der Waals surface area (Å²) >= 11 is 3.53. The Kier molecular flexibility index (Phi) is 4.54. The number of halogens is 1. The van der Waals surface area contributed by atoms with Gasteiger partial charge in [0.15, 0.2) is 0 Å². The summed E-state index contributed by atoms with van der Waals surface area (Å²) in [5.74, 6) is 0. The first-order valence-electron chi connectivity index (χ1n) is 6.87. The summed E-state index contributed by atoms with van der Waals surface area (Å²) in [5, 5.41) is 10.2. The Balaban J connectivity index is 2.09. The van der Waals surface area contributed by atoms with Crippen molar-refractivity contribution in [3.8, 4) is 0 Å². The molecule has 0 aliphatic heterocycles. The Labute approximate surface area is 123 Å². The first-order valence-corrected chi connectivity index (χ1v) is 7.66. The van der Waals surface area contributed by atoms with E-state index in [1.54, 1.807) is 0 Å². The minimum Gasteiger partial charge on any atom is -0.389 e. The number of benzene rings is 1. The van der Waals surface area contributed by atoms with Gasteiger partial charge in [-0.1, -0.05) is 22.0 Å². The van der Waals surface area contributed by atoms with Gasteiger partial charge in [-0.3, -0.25) is 0 Å². The van der Waals surface area contributed by atoms with E-state index < -0.39 is 5.60 Å². The van der Waals surface area contributed by atoms with Crippen molar-refractivity contribution in [2.24, 2.45) is 5.73 Å². The Morgan fingerprint density at radius 3 is 2.63 bits per heavy atom. The first kappa shape index (κ1) is 14.8. The third-order valence-corrected chi connectivity index (χ3v) is 4.86. The lowest BCUT2D eigenvalue weighted by Gasteiger charge is -2.40. The molecule has 0 unspecified atom stereocenters. The third-order valence-electron chi connectivity index (χ3n) is 4.36. The summed E-state index contributed by atoms with van der Waals surface area (Å²) in [4.78, 5) is 2.34. The maximum atomic E-state index is 10.2. The van der Waals surface area contributed by atoms with Gasteiger partial charge in [0.25, 0.3) is 0 Å². The molecule has 19 heavy (non-hydrogen) atoms. The van der Waals surface area contributed by atoms with Crippen molar-refractivity contribution >= 4 is 21.6 Å². The molecule has 106 valence electrons. The highest BCUT2D eigenvalue weighted by Gasteiger charge is 2.33. The largest absolute Gasteiger partial charge is 0.389 e. The number of hydrogen-bond acceptors (Lipinski definition) is 3. The number of anilines is 1. The molecule has 0 saturated heterocycles. The highest BCUT2D eigenvalue weighted by Crippen LogP contribution is 2.33. The summed E-state index contributed by atoms with van der Waals surface area (Å²) in [7, 11) is 2.15. The molecule has 1 aliphatic carbocycles. The average molecular weight is 327 g/mol. The molecular formula is C15H23BrN2O. The van der Waals surface area contributed by atoms with Crippen molar-refractivity contribution in [1.29, 1.82) is 0 Å². The molecule has 1 fully saturated rings. The van der Waals surface area contributed by atoms with Gasteiger partial charge in [-0.15, -0.1) is 0 Å². The number of rotatable bonds is 3. The van der Waals surface area contributed by atoms with Crippen molar-refractivity contribution in [3.05, 3.63) is 28.2 Å². The fourth-order valence-electron chi connectivity index (χ4n) is 2.89. The molecular weight excluding hydrogens is 304 g/mol. The maximum Gasteiger partial charge on any atom is 0.0770 e. The second-order valence-corrected chi connectivity index (χ2v) is 6.62. The molecule has 2 rings (SSSR count). The van der Waals surface area contributed by atoms with Crippen LogP contribution in [0.1, 0.15) is 31.2 Å². The predicted molar refractivity (Wildman–Crippen MR) is 83.5 cm³/mol. The van der Waals surface area contributed by atoms with Crippen LogP contribution in [-0.2, 0) is 0 Å².